The Labute approximate surface area is 171 Å². The molecule has 0 atom stereocenters. The van der Waals surface area contributed by atoms with Gasteiger partial charge in [-0.25, -0.2) is 4.99 Å². The van der Waals surface area contributed by atoms with E-state index >= 15 is 0 Å². The van der Waals surface area contributed by atoms with Crippen LogP contribution in [-0.2, 0) is 17.9 Å². The van der Waals surface area contributed by atoms with Crippen LogP contribution in [0.15, 0.2) is 53.5 Å². The summed E-state index contributed by atoms with van der Waals surface area (Å²) in [5.74, 6) is 1.25. The summed E-state index contributed by atoms with van der Waals surface area (Å²) in [5, 5.41) is 9.94. The number of nitrogens with one attached hydrogen (secondary N) is 3. The highest BCUT2D eigenvalue weighted by atomic mass is 35.5. The number of ether oxygens (including phenoxy) is 1. The molecule has 7 heteroatoms. The van der Waals surface area contributed by atoms with Crippen molar-refractivity contribution in [1.29, 1.82) is 0 Å². The molecular weight excluding hydrogens is 376 g/mol. The second kappa shape index (κ2) is 11.9. The maximum Gasteiger partial charge on any atom is 0.257 e. The topological polar surface area (TPSA) is 74.8 Å². The molecule has 0 fully saturated rings. The highest BCUT2D eigenvalue weighted by Crippen LogP contribution is 2.13. The second-order valence-electron chi connectivity index (χ2n) is 6.07. The lowest BCUT2D eigenvalue weighted by Crippen LogP contribution is -2.36. The fourth-order valence-corrected chi connectivity index (χ4v) is 2.69. The smallest absolute Gasteiger partial charge is 0.257 e. The van der Waals surface area contributed by atoms with E-state index in [1.165, 1.54) is 0 Å². The molecule has 0 spiro atoms. The summed E-state index contributed by atoms with van der Waals surface area (Å²) < 4.78 is 5.53. The first kappa shape index (κ1) is 21.6. The quantitative estimate of drug-likeness (QED) is 0.445. The molecule has 0 heterocycles. The minimum absolute atomic E-state index is 0.00839. The number of nitrogens with zero attached hydrogens (tertiary/aromatic N) is 1. The fraction of sp³-hybridized carbons (Fsp3) is 0.333. The number of rotatable bonds is 9. The zero-order valence-corrected chi connectivity index (χ0v) is 17.1. The van der Waals surface area contributed by atoms with E-state index in [-0.39, 0.29) is 12.5 Å². The van der Waals surface area contributed by atoms with Gasteiger partial charge in [-0.2, -0.15) is 0 Å². The molecular formula is C21H27ClN4O2. The maximum absolute atomic E-state index is 11.5. The normalized spacial score (nSPS) is 11.0. The number of carbonyl (C=O) groups is 1. The lowest BCUT2D eigenvalue weighted by molar-refractivity contribution is -0.122. The average Bonchev–Trinajstić information content (AvgIpc) is 2.69. The number of hydrogen-bond acceptors (Lipinski definition) is 3. The second-order valence-corrected chi connectivity index (χ2v) is 6.50. The summed E-state index contributed by atoms with van der Waals surface area (Å²) in [4.78, 5) is 16.1. The van der Waals surface area contributed by atoms with Gasteiger partial charge in [0.05, 0.1) is 6.54 Å². The van der Waals surface area contributed by atoms with Gasteiger partial charge in [-0.1, -0.05) is 35.9 Å². The van der Waals surface area contributed by atoms with Crippen molar-refractivity contribution in [3.8, 4) is 5.75 Å². The molecule has 0 aliphatic heterocycles. The van der Waals surface area contributed by atoms with Gasteiger partial charge < -0.3 is 20.7 Å². The van der Waals surface area contributed by atoms with E-state index in [0.717, 1.165) is 23.6 Å². The monoisotopic (exact) mass is 402 g/mol. The molecule has 0 aliphatic rings. The minimum Gasteiger partial charge on any atom is -0.484 e. The van der Waals surface area contributed by atoms with Crippen LogP contribution >= 0.6 is 11.6 Å². The summed E-state index contributed by atoms with van der Waals surface area (Å²) in [5.41, 5.74) is 2.08. The largest absolute Gasteiger partial charge is 0.484 e. The predicted octanol–water partition coefficient (Wildman–Crippen LogP) is 3.11. The maximum atomic E-state index is 11.5. The molecule has 6 nitrogen and oxygen atoms in total. The average molecular weight is 403 g/mol. The summed E-state index contributed by atoms with van der Waals surface area (Å²) in [6.07, 6.45) is 0. The van der Waals surface area contributed by atoms with Crippen LogP contribution in [0, 0.1) is 0 Å². The van der Waals surface area contributed by atoms with Crippen LogP contribution in [-0.4, -0.2) is 31.6 Å². The Morgan fingerprint density at radius 1 is 1.00 bits per heavy atom. The molecule has 0 saturated heterocycles. The van der Waals surface area contributed by atoms with E-state index in [1.54, 1.807) is 0 Å². The Hall–Kier alpha value is -2.73. The number of likely N-dealkylation sites (N-methyl/N-ethyl adjacent to an activating group) is 1. The Bertz CT molecular complexity index is 795. The van der Waals surface area contributed by atoms with Crippen LogP contribution in [0.3, 0.4) is 0 Å². The SMILES string of the molecule is CCNC(=O)COc1cccc(CNC(=NCc2cccc(Cl)c2)NCC)c1. The van der Waals surface area contributed by atoms with Gasteiger partial charge in [0.2, 0.25) is 0 Å². The molecule has 3 N–H and O–H groups in total. The van der Waals surface area contributed by atoms with Gasteiger partial charge in [-0.3, -0.25) is 4.79 Å². The number of amides is 1. The van der Waals surface area contributed by atoms with Gasteiger partial charge >= 0.3 is 0 Å². The van der Waals surface area contributed by atoms with Crippen molar-refractivity contribution in [2.75, 3.05) is 19.7 Å². The van der Waals surface area contributed by atoms with E-state index in [1.807, 2.05) is 62.4 Å². The van der Waals surface area contributed by atoms with Crippen molar-refractivity contribution in [2.24, 2.45) is 4.99 Å². The summed E-state index contributed by atoms with van der Waals surface area (Å²) in [7, 11) is 0. The number of hydrogen-bond donors (Lipinski definition) is 3. The number of carbonyl (C=O) groups excluding carboxylic acids is 1. The molecule has 0 aliphatic carbocycles. The van der Waals surface area contributed by atoms with Gasteiger partial charge in [0, 0.05) is 24.7 Å². The van der Waals surface area contributed by atoms with Gasteiger partial charge in [0.15, 0.2) is 12.6 Å². The molecule has 0 radical (unpaired) electrons. The summed E-state index contributed by atoms with van der Waals surface area (Å²) in [6.45, 7) is 6.37. The molecule has 0 aromatic heterocycles. The van der Waals surface area contributed by atoms with Crippen molar-refractivity contribution < 1.29 is 9.53 Å². The molecule has 0 unspecified atom stereocenters. The number of guanidine groups is 1. The summed E-state index contributed by atoms with van der Waals surface area (Å²) in [6, 6.07) is 15.3. The van der Waals surface area contributed by atoms with E-state index in [2.05, 4.69) is 20.9 Å². The first-order chi connectivity index (χ1) is 13.6. The molecule has 150 valence electrons. The number of halogens is 1. The third kappa shape index (κ3) is 7.88. The van der Waals surface area contributed by atoms with Crippen molar-refractivity contribution >= 4 is 23.5 Å². The fourth-order valence-electron chi connectivity index (χ4n) is 2.48. The highest BCUT2D eigenvalue weighted by molar-refractivity contribution is 6.30. The van der Waals surface area contributed by atoms with Gasteiger partial charge in [-0.15, -0.1) is 0 Å². The lowest BCUT2D eigenvalue weighted by atomic mass is 10.2. The first-order valence-electron chi connectivity index (χ1n) is 9.35. The standard InChI is InChI=1S/C21H27ClN4O2/c1-3-23-20(27)15-28-19-10-6-8-17(12-19)14-26-21(24-4-2)25-13-16-7-5-9-18(22)11-16/h5-12H,3-4,13-15H2,1-2H3,(H,23,27)(H2,24,25,26). The third-order valence-corrected chi connectivity index (χ3v) is 3.99. The van der Waals surface area contributed by atoms with Crippen LogP contribution in [0.25, 0.3) is 0 Å². The molecule has 0 saturated carbocycles. The lowest BCUT2D eigenvalue weighted by Gasteiger charge is -2.12. The minimum atomic E-state index is -0.131. The molecule has 2 aromatic rings. The van der Waals surface area contributed by atoms with Crippen molar-refractivity contribution in [1.82, 2.24) is 16.0 Å². The summed E-state index contributed by atoms with van der Waals surface area (Å²) >= 11 is 6.02. The Balaban J connectivity index is 1.92. The zero-order valence-electron chi connectivity index (χ0n) is 16.3. The van der Waals surface area contributed by atoms with Crippen LogP contribution in [0.4, 0.5) is 0 Å². The molecule has 2 rings (SSSR count). The van der Waals surface area contributed by atoms with E-state index in [4.69, 9.17) is 16.3 Å². The van der Waals surface area contributed by atoms with Crippen LogP contribution in [0.2, 0.25) is 5.02 Å². The Morgan fingerprint density at radius 3 is 2.50 bits per heavy atom. The first-order valence-corrected chi connectivity index (χ1v) is 9.73. The Morgan fingerprint density at radius 2 is 1.75 bits per heavy atom. The Kier molecular flexibility index (Phi) is 9.15. The van der Waals surface area contributed by atoms with Gasteiger partial charge in [-0.05, 0) is 49.2 Å². The van der Waals surface area contributed by atoms with E-state index in [9.17, 15) is 4.79 Å². The predicted molar refractivity (Wildman–Crippen MR) is 114 cm³/mol. The van der Waals surface area contributed by atoms with Crippen molar-refractivity contribution in [3.05, 3.63) is 64.7 Å². The van der Waals surface area contributed by atoms with Crippen molar-refractivity contribution in [3.63, 3.8) is 0 Å². The van der Waals surface area contributed by atoms with Crippen LogP contribution in [0.5, 0.6) is 5.75 Å². The zero-order chi connectivity index (χ0) is 20.2. The molecule has 28 heavy (non-hydrogen) atoms. The molecule has 2 aromatic carbocycles. The third-order valence-electron chi connectivity index (χ3n) is 3.76. The molecule has 0 bridgehead atoms. The van der Waals surface area contributed by atoms with Crippen LogP contribution < -0.4 is 20.7 Å². The van der Waals surface area contributed by atoms with E-state index in [0.29, 0.717) is 30.4 Å². The highest BCUT2D eigenvalue weighted by Gasteiger charge is 2.03. The molecule has 1 amide bonds. The van der Waals surface area contributed by atoms with E-state index < -0.39 is 0 Å². The number of aliphatic imine (C=N–C) groups is 1. The van der Waals surface area contributed by atoms with Gasteiger partial charge in [0.1, 0.15) is 5.75 Å². The number of benzene rings is 2. The van der Waals surface area contributed by atoms with Crippen molar-refractivity contribution in [2.45, 2.75) is 26.9 Å². The van der Waals surface area contributed by atoms with Gasteiger partial charge in [0.25, 0.3) is 5.91 Å². The van der Waals surface area contributed by atoms with Crippen LogP contribution in [0.1, 0.15) is 25.0 Å².